The minimum absolute atomic E-state index is 0.223. The maximum Gasteiger partial charge on any atom is 0.332 e. The van der Waals surface area contributed by atoms with Gasteiger partial charge in [-0.2, -0.15) is 0 Å². The lowest BCUT2D eigenvalue weighted by Crippen LogP contribution is -2.31. The fourth-order valence-corrected chi connectivity index (χ4v) is 2.82. The second-order valence-corrected chi connectivity index (χ2v) is 6.02. The molecule has 1 aliphatic rings. The molecule has 0 bridgehead atoms. The summed E-state index contributed by atoms with van der Waals surface area (Å²) in [5.74, 6) is -1.74. The van der Waals surface area contributed by atoms with Crippen LogP contribution in [0, 0.1) is 0 Å². The van der Waals surface area contributed by atoms with Gasteiger partial charge in [0.15, 0.2) is 17.7 Å². The quantitative estimate of drug-likeness (QED) is 0.693. The van der Waals surface area contributed by atoms with Crippen LogP contribution in [0.3, 0.4) is 0 Å². The molecule has 1 amide bonds. The molecule has 0 spiro atoms. The van der Waals surface area contributed by atoms with Crippen molar-refractivity contribution < 1.29 is 28.7 Å². The first-order chi connectivity index (χ1) is 12.9. The maximum absolute atomic E-state index is 12.7. The number of carbonyl (C=O) groups excluding carboxylic acids is 4. The van der Waals surface area contributed by atoms with Crippen LogP contribution < -0.4 is 5.32 Å². The topological polar surface area (TPSA) is 98.8 Å². The van der Waals surface area contributed by atoms with E-state index in [0.717, 1.165) is 0 Å². The normalized spacial score (nSPS) is 13.4. The highest BCUT2D eigenvalue weighted by Gasteiger charge is 2.29. The molecule has 3 rings (SSSR count). The second kappa shape index (κ2) is 7.51. The van der Waals surface area contributed by atoms with Gasteiger partial charge in [0.1, 0.15) is 6.61 Å². The van der Waals surface area contributed by atoms with Gasteiger partial charge in [0.2, 0.25) is 0 Å². The van der Waals surface area contributed by atoms with Crippen molar-refractivity contribution in [3.8, 4) is 0 Å². The van der Waals surface area contributed by atoms with Crippen molar-refractivity contribution in [2.75, 3.05) is 19.0 Å². The third kappa shape index (κ3) is 3.63. The van der Waals surface area contributed by atoms with E-state index in [-0.39, 0.29) is 29.3 Å². The molecule has 7 nitrogen and oxygen atoms in total. The Kier molecular flexibility index (Phi) is 5.14. The van der Waals surface area contributed by atoms with Gasteiger partial charge < -0.3 is 14.8 Å². The highest BCUT2D eigenvalue weighted by molar-refractivity contribution is 6.28. The van der Waals surface area contributed by atoms with Gasteiger partial charge in [-0.05, 0) is 25.1 Å². The van der Waals surface area contributed by atoms with E-state index in [1.54, 1.807) is 24.3 Å². The molecule has 0 radical (unpaired) electrons. The van der Waals surface area contributed by atoms with E-state index in [2.05, 4.69) is 10.1 Å². The molecule has 0 aliphatic heterocycles. The molecule has 1 N–H and O–H groups in total. The molecule has 0 saturated carbocycles. The molecule has 0 saturated heterocycles. The van der Waals surface area contributed by atoms with Crippen LogP contribution in [0.4, 0.5) is 5.69 Å². The van der Waals surface area contributed by atoms with E-state index in [0.29, 0.717) is 16.8 Å². The van der Waals surface area contributed by atoms with Crippen molar-refractivity contribution >= 4 is 29.1 Å². The minimum Gasteiger partial charge on any atom is -0.451 e. The van der Waals surface area contributed by atoms with E-state index >= 15 is 0 Å². The molecule has 2 aromatic carbocycles. The van der Waals surface area contributed by atoms with Gasteiger partial charge in [0.05, 0.1) is 0 Å². The Hall–Kier alpha value is -3.32. The summed E-state index contributed by atoms with van der Waals surface area (Å²) in [5, 5.41) is 2.58. The van der Waals surface area contributed by atoms with Crippen LogP contribution >= 0.6 is 0 Å². The predicted octanol–water partition coefficient (Wildman–Crippen LogP) is 1.98. The van der Waals surface area contributed by atoms with Gasteiger partial charge in [-0.1, -0.05) is 24.3 Å². The Morgan fingerprint density at radius 1 is 0.963 bits per heavy atom. The lowest BCUT2D eigenvalue weighted by atomic mass is 9.84. The van der Waals surface area contributed by atoms with E-state index < -0.39 is 18.0 Å². The maximum atomic E-state index is 12.7. The summed E-state index contributed by atoms with van der Waals surface area (Å²) in [7, 11) is 1.34. The first-order valence-electron chi connectivity index (χ1n) is 8.24. The largest absolute Gasteiger partial charge is 0.451 e. The summed E-state index contributed by atoms with van der Waals surface area (Å²) < 4.78 is 9.56. The molecular weight excluding hydrogens is 350 g/mol. The van der Waals surface area contributed by atoms with Gasteiger partial charge in [-0.15, -0.1) is 0 Å². The zero-order chi connectivity index (χ0) is 19.6. The van der Waals surface area contributed by atoms with Crippen LogP contribution in [0.2, 0.25) is 0 Å². The first-order valence-corrected chi connectivity index (χ1v) is 8.24. The van der Waals surface area contributed by atoms with Crippen molar-refractivity contribution in [3.63, 3.8) is 0 Å². The average molecular weight is 367 g/mol. The number of ether oxygens (including phenoxy) is 2. The number of amides is 1. The predicted molar refractivity (Wildman–Crippen MR) is 95.8 cm³/mol. The first kappa shape index (κ1) is 18.5. The van der Waals surface area contributed by atoms with Crippen LogP contribution in [-0.2, 0) is 19.1 Å². The second-order valence-electron chi connectivity index (χ2n) is 6.02. The number of rotatable bonds is 5. The van der Waals surface area contributed by atoms with Crippen molar-refractivity contribution in [1.82, 2.24) is 0 Å². The summed E-state index contributed by atoms with van der Waals surface area (Å²) in [5.41, 5.74) is 1.54. The summed E-state index contributed by atoms with van der Waals surface area (Å²) in [6.07, 6.45) is -1.04. The number of ketones is 2. The number of fused-ring (bicyclic) bond motifs is 2. The fraction of sp³-hybridized carbons (Fsp3) is 0.200. The zero-order valence-electron chi connectivity index (χ0n) is 14.8. The lowest BCUT2D eigenvalue weighted by Gasteiger charge is -2.19. The molecule has 2 aromatic rings. The Morgan fingerprint density at radius 2 is 1.56 bits per heavy atom. The highest BCUT2D eigenvalue weighted by Crippen LogP contribution is 2.29. The number of methoxy groups -OCH3 is 1. The third-order valence-electron chi connectivity index (χ3n) is 4.13. The number of hydrogen-bond acceptors (Lipinski definition) is 6. The molecule has 0 unspecified atom stereocenters. The highest BCUT2D eigenvalue weighted by atomic mass is 16.6. The number of hydrogen-bond donors (Lipinski definition) is 1. The molecule has 0 heterocycles. The van der Waals surface area contributed by atoms with Crippen LogP contribution in [0.25, 0.3) is 0 Å². The zero-order valence-corrected chi connectivity index (χ0v) is 14.8. The van der Waals surface area contributed by atoms with Crippen LogP contribution in [0.1, 0.15) is 38.8 Å². The number of carbonyl (C=O) groups is 4. The van der Waals surface area contributed by atoms with E-state index in [1.165, 1.54) is 32.2 Å². The summed E-state index contributed by atoms with van der Waals surface area (Å²) in [6.45, 7) is 1.17. The van der Waals surface area contributed by atoms with Gasteiger partial charge >= 0.3 is 5.97 Å². The molecule has 0 aromatic heterocycles. The van der Waals surface area contributed by atoms with Crippen LogP contribution in [-0.4, -0.2) is 43.3 Å². The summed E-state index contributed by atoms with van der Waals surface area (Å²) >= 11 is 0. The number of nitrogens with one attached hydrogen (secondary N) is 1. The van der Waals surface area contributed by atoms with Crippen molar-refractivity contribution in [3.05, 3.63) is 64.7 Å². The number of esters is 1. The Bertz CT molecular complexity index is 949. The van der Waals surface area contributed by atoms with Gasteiger partial charge in [-0.3, -0.25) is 14.4 Å². The smallest absolute Gasteiger partial charge is 0.332 e. The van der Waals surface area contributed by atoms with E-state index in [1.807, 2.05) is 0 Å². The van der Waals surface area contributed by atoms with Crippen molar-refractivity contribution in [1.29, 1.82) is 0 Å². The Balaban J connectivity index is 1.80. The fourth-order valence-electron chi connectivity index (χ4n) is 2.82. The Morgan fingerprint density at radius 3 is 2.19 bits per heavy atom. The molecule has 1 aliphatic carbocycles. The van der Waals surface area contributed by atoms with Gasteiger partial charge in [-0.25, -0.2) is 4.79 Å². The van der Waals surface area contributed by atoms with E-state index in [4.69, 9.17) is 4.74 Å². The standard InChI is InChI=1S/C20H17NO6/c1-11(27-17(22)10-26-2)20(25)21-12-7-8-15-16(9-12)19(24)14-6-4-3-5-13(14)18(15)23/h3-9,11H,10H2,1-2H3,(H,21,25)/t11-/m1/s1. The average Bonchev–Trinajstić information content (AvgIpc) is 2.66. The third-order valence-corrected chi connectivity index (χ3v) is 4.13. The molecule has 27 heavy (non-hydrogen) atoms. The molecule has 1 atom stereocenters. The lowest BCUT2D eigenvalue weighted by molar-refractivity contribution is -0.156. The minimum atomic E-state index is -1.04. The van der Waals surface area contributed by atoms with Gasteiger partial charge in [0, 0.05) is 35.1 Å². The SMILES string of the molecule is COCC(=O)O[C@H](C)C(=O)Nc1ccc2c(c1)C(=O)c1ccccc1C2=O. The van der Waals surface area contributed by atoms with Crippen LogP contribution in [0.15, 0.2) is 42.5 Å². The molecule has 7 heteroatoms. The monoisotopic (exact) mass is 367 g/mol. The van der Waals surface area contributed by atoms with Crippen molar-refractivity contribution in [2.45, 2.75) is 13.0 Å². The Labute approximate surface area is 155 Å². The molecular formula is C20H17NO6. The summed E-state index contributed by atoms with van der Waals surface area (Å²) in [6, 6.07) is 11.1. The van der Waals surface area contributed by atoms with E-state index in [9.17, 15) is 19.2 Å². The molecule has 0 fully saturated rings. The van der Waals surface area contributed by atoms with Gasteiger partial charge in [0.25, 0.3) is 5.91 Å². The number of anilines is 1. The number of benzene rings is 2. The molecule has 138 valence electrons. The summed E-state index contributed by atoms with van der Waals surface area (Å²) in [4.78, 5) is 48.8. The van der Waals surface area contributed by atoms with Crippen LogP contribution in [0.5, 0.6) is 0 Å². The van der Waals surface area contributed by atoms with Crippen molar-refractivity contribution in [2.24, 2.45) is 0 Å².